The van der Waals surface area contributed by atoms with Gasteiger partial charge in [0.15, 0.2) is 11.5 Å². The average Bonchev–Trinajstić information content (AvgIpc) is 2.47. The van der Waals surface area contributed by atoms with Crippen LogP contribution in [0.25, 0.3) is 11.3 Å². The lowest BCUT2D eigenvalue weighted by molar-refractivity contribution is 0.218. The Kier molecular flexibility index (Phi) is 4.45. The number of aromatic nitrogens is 1. The number of rotatable bonds is 5. The van der Waals surface area contributed by atoms with Gasteiger partial charge in [-0.2, -0.15) is 0 Å². The zero-order valence-electron chi connectivity index (χ0n) is 12.2. The Morgan fingerprint density at radius 3 is 2.10 bits per heavy atom. The van der Waals surface area contributed by atoms with Gasteiger partial charge in [0, 0.05) is 11.8 Å². The molecule has 0 radical (unpaired) electrons. The molecular formula is C16H19NO3. The molecule has 1 aromatic carbocycles. The van der Waals surface area contributed by atoms with Gasteiger partial charge in [0.1, 0.15) is 0 Å². The third-order valence-corrected chi connectivity index (χ3v) is 2.77. The van der Waals surface area contributed by atoms with Crippen LogP contribution < -0.4 is 14.2 Å². The van der Waals surface area contributed by atoms with Crippen LogP contribution in [0.1, 0.15) is 13.8 Å². The monoisotopic (exact) mass is 273 g/mol. The van der Waals surface area contributed by atoms with Crippen LogP contribution in [0.3, 0.4) is 0 Å². The van der Waals surface area contributed by atoms with Crippen LogP contribution in [0.15, 0.2) is 36.5 Å². The lowest BCUT2D eigenvalue weighted by Gasteiger charge is -2.18. The predicted octanol–water partition coefficient (Wildman–Crippen LogP) is 3.55. The van der Waals surface area contributed by atoms with Crippen molar-refractivity contribution >= 4 is 0 Å². The van der Waals surface area contributed by atoms with E-state index in [4.69, 9.17) is 14.2 Å². The summed E-state index contributed by atoms with van der Waals surface area (Å²) in [7, 11) is 3.23. The molecule has 106 valence electrons. The van der Waals surface area contributed by atoms with Crippen molar-refractivity contribution in [3.05, 3.63) is 36.5 Å². The number of methoxy groups -OCH3 is 2. The maximum atomic E-state index is 5.78. The summed E-state index contributed by atoms with van der Waals surface area (Å²) in [5.41, 5.74) is 1.79. The molecule has 0 bridgehead atoms. The summed E-state index contributed by atoms with van der Waals surface area (Å²) in [6.07, 6.45) is 1.80. The SMILES string of the molecule is COc1cc(-c2ccccn2)cc(OC)c1OC(C)C. The summed E-state index contributed by atoms with van der Waals surface area (Å²) in [4.78, 5) is 4.34. The largest absolute Gasteiger partial charge is 0.493 e. The van der Waals surface area contributed by atoms with E-state index >= 15 is 0 Å². The molecule has 0 aliphatic heterocycles. The highest BCUT2D eigenvalue weighted by atomic mass is 16.5. The van der Waals surface area contributed by atoms with E-state index in [9.17, 15) is 0 Å². The molecule has 0 fully saturated rings. The molecule has 0 N–H and O–H groups in total. The fourth-order valence-corrected chi connectivity index (χ4v) is 1.91. The summed E-state index contributed by atoms with van der Waals surface area (Å²) >= 11 is 0. The standard InChI is InChI=1S/C16H19NO3/c1-11(2)20-16-14(18-3)9-12(10-15(16)19-4)13-7-5-6-8-17-13/h5-11H,1-4H3. The summed E-state index contributed by atoms with van der Waals surface area (Å²) < 4.78 is 16.6. The molecule has 0 atom stereocenters. The molecule has 2 rings (SSSR count). The van der Waals surface area contributed by atoms with Crippen molar-refractivity contribution in [1.82, 2.24) is 4.98 Å². The minimum atomic E-state index is 0.0403. The van der Waals surface area contributed by atoms with Gasteiger partial charge in [-0.05, 0) is 38.1 Å². The van der Waals surface area contributed by atoms with Gasteiger partial charge in [-0.1, -0.05) is 6.07 Å². The first-order chi connectivity index (χ1) is 9.65. The number of pyridine rings is 1. The van der Waals surface area contributed by atoms with Gasteiger partial charge in [0.05, 0.1) is 26.0 Å². The third kappa shape index (κ3) is 3.02. The van der Waals surface area contributed by atoms with Gasteiger partial charge in [0.2, 0.25) is 5.75 Å². The highest BCUT2D eigenvalue weighted by Crippen LogP contribution is 2.41. The minimum Gasteiger partial charge on any atom is -0.493 e. The second kappa shape index (κ2) is 6.28. The molecule has 0 saturated heterocycles. The van der Waals surface area contributed by atoms with Gasteiger partial charge in [-0.3, -0.25) is 4.98 Å². The first-order valence-corrected chi connectivity index (χ1v) is 6.49. The Morgan fingerprint density at radius 2 is 1.65 bits per heavy atom. The molecule has 0 spiro atoms. The summed E-state index contributed by atoms with van der Waals surface area (Å²) in [6.45, 7) is 3.93. The Morgan fingerprint density at radius 1 is 1.00 bits per heavy atom. The van der Waals surface area contributed by atoms with Gasteiger partial charge >= 0.3 is 0 Å². The van der Waals surface area contributed by atoms with Gasteiger partial charge in [-0.15, -0.1) is 0 Å². The molecule has 20 heavy (non-hydrogen) atoms. The number of ether oxygens (including phenoxy) is 3. The number of hydrogen-bond donors (Lipinski definition) is 0. The van der Waals surface area contributed by atoms with E-state index < -0.39 is 0 Å². The first-order valence-electron chi connectivity index (χ1n) is 6.49. The molecule has 4 nitrogen and oxygen atoms in total. The van der Waals surface area contributed by atoms with Crippen LogP contribution in [0.5, 0.6) is 17.2 Å². The van der Waals surface area contributed by atoms with E-state index in [1.165, 1.54) is 0 Å². The second-order valence-electron chi connectivity index (χ2n) is 4.59. The number of benzene rings is 1. The molecule has 0 aliphatic rings. The minimum absolute atomic E-state index is 0.0403. The van der Waals surface area contributed by atoms with E-state index in [2.05, 4.69) is 4.98 Å². The van der Waals surface area contributed by atoms with E-state index in [1.54, 1.807) is 20.4 Å². The van der Waals surface area contributed by atoms with Crippen LogP contribution in [-0.4, -0.2) is 25.3 Å². The maximum Gasteiger partial charge on any atom is 0.203 e. The highest BCUT2D eigenvalue weighted by molar-refractivity contribution is 5.68. The van der Waals surface area contributed by atoms with Crippen molar-refractivity contribution in [2.45, 2.75) is 20.0 Å². The zero-order valence-corrected chi connectivity index (χ0v) is 12.2. The van der Waals surface area contributed by atoms with Crippen molar-refractivity contribution in [3.8, 4) is 28.5 Å². The van der Waals surface area contributed by atoms with E-state index in [0.717, 1.165) is 11.3 Å². The molecule has 1 heterocycles. The fraction of sp³-hybridized carbons (Fsp3) is 0.312. The molecule has 0 aliphatic carbocycles. The van der Waals surface area contributed by atoms with Crippen molar-refractivity contribution < 1.29 is 14.2 Å². The van der Waals surface area contributed by atoms with Crippen LogP contribution in [0, 0.1) is 0 Å². The van der Waals surface area contributed by atoms with Gasteiger partial charge in [-0.25, -0.2) is 0 Å². The second-order valence-corrected chi connectivity index (χ2v) is 4.59. The molecule has 0 unspecified atom stereocenters. The van der Waals surface area contributed by atoms with E-state index in [0.29, 0.717) is 17.2 Å². The lowest BCUT2D eigenvalue weighted by Crippen LogP contribution is -2.08. The molecule has 4 heteroatoms. The van der Waals surface area contributed by atoms with Crippen LogP contribution in [0.2, 0.25) is 0 Å². The zero-order chi connectivity index (χ0) is 14.5. The highest BCUT2D eigenvalue weighted by Gasteiger charge is 2.16. The fourth-order valence-electron chi connectivity index (χ4n) is 1.91. The Labute approximate surface area is 119 Å². The van der Waals surface area contributed by atoms with E-state index in [1.807, 2.05) is 44.2 Å². The number of nitrogens with zero attached hydrogens (tertiary/aromatic N) is 1. The normalized spacial score (nSPS) is 10.4. The molecule has 0 amide bonds. The molecule has 0 saturated carbocycles. The Hall–Kier alpha value is -2.23. The van der Waals surface area contributed by atoms with Crippen molar-refractivity contribution in [2.75, 3.05) is 14.2 Å². The van der Waals surface area contributed by atoms with Crippen molar-refractivity contribution in [3.63, 3.8) is 0 Å². The molecule has 2 aromatic rings. The summed E-state index contributed by atoms with van der Waals surface area (Å²) in [5, 5.41) is 0. The maximum absolute atomic E-state index is 5.78. The molecule has 1 aromatic heterocycles. The van der Waals surface area contributed by atoms with Crippen LogP contribution >= 0.6 is 0 Å². The first kappa shape index (κ1) is 14.2. The Bertz CT molecular complexity index is 542. The third-order valence-electron chi connectivity index (χ3n) is 2.77. The Balaban J connectivity index is 2.52. The molecular weight excluding hydrogens is 254 g/mol. The van der Waals surface area contributed by atoms with Crippen molar-refractivity contribution in [1.29, 1.82) is 0 Å². The summed E-state index contributed by atoms with van der Waals surface area (Å²) in [5.74, 6) is 1.89. The van der Waals surface area contributed by atoms with Crippen LogP contribution in [0.4, 0.5) is 0 Å². The number of hydrogen-bond acceptors (Lipinski definition) is 4. The quantitative estimate of drug-likeness (QED) is 0.835. The van der Waals surface area contributed by atoms with Gasteiger partial charge < -0.3 is 14.2 Å². The lowest BCUT2D eigenvalue weighted by atomic mass is 10.1. The predicted molar refractivity (Wildman–Crippen MR) is 78.5 cm³/mol. The van der Waals surface area contributed by atoms with Crippen molar-refractivity contribution in [2.24, 2.45) is 0 Å². The summed E-state index contributed by atoms with van der Waals surface area (Å²) in [6, 6.07) is 9.58. The smallest absolute Gasteiger partial charge is 0.203 e. The van der Waals surface area contributed by atoms with Crippen LogP contribution in [-0.2, 0) is 0 Å². The topological polar surface area (TPSA) is 40.6 Å². The van der Waals surface area contributed by atoms with Gasteiger partial charge in [0.25, 0.3) is 0 Å². The van der Waals surface area contributed by atoms with E-state index in [-0.39, 0.29) is 6.10 Å². The average molecular weight is 273 g/mol.